The summed E-state index contributed by atoms with van der Waals surface area (Å²) in [6, 6.07) is 0. The normalized spacial score (nSPS) is 66.0. The summed E-state index contributed by atoms with van der Waals surface area (Å²) in [6.45, 7) is 10.3. The first-order valence-electron chi connectivity index (χ1n) is 8.59. The third kappa shape index (κ3) is 1.28. The quantitative estimate of drug-likeness (QED) is 0.573. The van der Waals surface area contributed by atoms with Crippen LogP contribution >= 0.6 is 0 Å². The Hall–Kier alpha value is 0. The van der Waals surface area contributed by atoms with E-state index in [2.05, 4.69) is 27.7 Å². The summed E-state index contributed by atoms with van der Waals surface area (Å²) >= 11 is 0. The molecule has 5 saturated carbocycles. The SMILES string of the molecule is CC1CC(C)C2CCC1C1C3CC(C(C)C3C)C21. The number of hydrogen-bond donors (Lipinski definition) is 0. The molecule has 102 valence electrons. The van der Waals surface area contributed by atoms with Gasteiger partial charge in [0.05, 0.1) is 0 Å². The van der Waals surface area contributed by atoms with Crippen LogP contribution in [0, 0.1) is 59.2 Å². The van der Waals surface area contributed by atoms with E-state index < -0.39 is 0 Å². The van der Waals surface area contributed by atoms with Gasteiger partial charge in [-0.1, -0.05) is 27.7 Å². The van der Waals surface area contributed by atoms with Gasteiger partial charge in [0.25, 0.3) is 0 Å². The Kier molecular flexibility index (Phi) is 2.47. The van der Waals surface area contributed by atoms with Crippen molar-refractivity contribution in [2.24, 2.45) is 59.2 Å². The number of hydrogen-bond acceptors (Lipinski definition) is 0. The molecule has 5 rings (SSSR count). The summed E-state index contributed by atoms with van der Waals surface area (Å²) < 4.78 is 0. The molecule has 4 bridgehead atoms. The van der Waals surface area contributed by atoms with Crippen LogP contribution in [0.3, 0.4) is 0 Å². The lowest BCUT2D eigenvalue weighted by molar-refractivity contribution is -0.00964. The van der Waals surface area contributed by atoms with Crippen LogP contribution in [-0.4, -0.2) is 0 Å². The van der Waals surface area contributed by atoms with Gasteiger partial charge in [-0.3, -0.25) is 0 Å². The molecular weight excluding hydrogens is 216 g/mol. The largest absolute Gasteiger partial charge is 0.0622 e. The molecule has 0 aromatic carbocycles. The fourth-order valence-corrected chi connectivity index (χ4v) is 7.35. The molecule has 0 heteroatoms. The van der Waals surface area contributed by atoms with Crippen molar-refractivity contribution in [1.29, 1.82) is 0 Å². The monoisotopic (exact) mass is 246 g/mol. The van der Waals surface area contributed by atoms with E-state index in [4.69, 9.17) is 0 Å². The van der Waals surface area contributed by atoms with Crippen LogP contribution in [0.5, 0.6) is 0 Å². The molecule has 0 N–H and O–H groups in total. The Morgan fingerprint density at radius 1 is 0.556 bits per heavy atom. The van der Waals surface area contributed by atoms with Crippen molar-refractivity contribution < 1.29 is 0 Å². The number of fused-ring (bicyclic) bond motifs is 5. The molecule has 18 heavy (non-hydrogen) atoms. The van der Waals surface area contributed by atoms with E-state index in [0.717, 1.165) is 59.2 Å². The van der Waals surface area contributed by atoms with Crippen molar-refractivity contribution in [3.8, 4) is 0 Å². The summed E-state index contributed by atoms with van der Waals surface area (Å²) in [6.07, 6.45) is 6.28. The minimum absolute atomic E-state index is 1.02. The third-order valence-electron chi connectivity index (χ3n) is 8.19. The maximum atomic E-state index is 2.58. The van der Waals surface area contributed by atoms with Gasteiger partial charge in [-0.2, -0.15) is 0 Å². The van der Waals surface area contributed by atoms with Gasteiger partial charge < -0.3 is 0 Å². The van der Waals surface area contributed by atoms with Gasteiger partial charge in [-0.25, -0.2) is 0 Å². The summed E-state index contributed by atoms with van der Waals surface area (Å²) in [5, 5.41) is 0. The topological polar surface area (TPSA) is 0 Å². The highest BCUT2D eigenvalue weighted by Gasteiger charge is 2.62. The molecule has 0 saturated heterocycles. The van der Waals surface area contributed by atoms with Gasteiger partial charge in [0.15, 0.2) is 0 Å². The standard InChI is InChI=1S/C18H30/c1-9-7-10(2)14-6-5-13(9)17-15-8-16(18(14)17)12(4)11(15)3/h9-18H,5-8H2,1-4H3. The van der Waals surface area contributed by atoms with Crippen LogP contribution in [0.4, 0.5) is 0 Å². The Bertz CT molecular complexity index is 314. The van der Waals surface area contributed by atoms with E-state index in [-0.39, 0.29) is 0 Å². The van der Waals surface area contributed by atoms with Crippen molar-refractivity contribution in [3.63, 3.8) is 0 Å². The maximum absolute atomic E-state index is 2.58. The van der Waals surface area contributed by atoms with E-state index >= 15 is 0 Å². The lowest BCUT2D eigenvalue weighted by Crippen LogP contribution is -2.43. The van der Waals surface area contributed by atoms with Crippen molar-refractivity contribution in [3.05, 3.63) is 0 Å². The van der Waals surface area contributed by atoms with E-state index in [1.165, 1.54) is 6.42 Å². The lowest BCUT2D eigenvalue weighted by Gasteiger charge is -2.49. The zero-order valence-corrected chi connectivity index (χ0v) is 12.6. The summed E-state index contributed by atoms with van der Waals surface area (Å²) in [5.41, 5.74) is 0. The zero-order chi connectivity index (χ0) is 12.6. The van der Waals surface area contributed by atoms with Crippen LogP contribution in [0.25, 0.3) is 0 Å². The van der Waals surface area contributed by atoms with E-state index in [0.29, 0.717) is 0 Å². The average molecular weight is 246 g/mol. The van der Waals surface area contributed by atoms with E-state index in [1.54, 1.807) is 19.3 Å². The van der Waals surface area contributed by atoms with Crippen molar-refractivity contribution in [2.75, 3.05) is 0 Å². The molecule has 0 aliphatic heterocycles. The molecule has 0 nitrogen and oxygen atoms in total. The molecule has 0 amide bonds. The second-order valence-electron chi connectivity index (χ2n) is 8.53. The molecular formula is C18H30. The molecule has 0 heterocycles. The van der Waals surface area contributed by atoms with Crippen LogP contribution in [0.2, 0.25) is 0 Å². The molecule has 10 unspecified atom stereocenters. The van der Waals surface area contributed by atoms with Crippen molar-refractivity contribution in [1.82, 2.24) is 0 Å². The minimum Gasteiger partial charge on any atom is -0.0622 e. The lowest BCUT2D eigenvalue weighted by atomic mass is 9.56. The Morgan fingerprint density at radius 3 is 1.44 bits per heavy atom. The van der Waals surface area contributed by atoms with Crippen LogP contribution < -0.4 is 0 Å². The summed E-state index contributed by atoms with van der Waals surface area (Å²) in [7, 11) is 0. The Labute approximate surface area is 113 Å². The highest BCUT2D eigenvalue weighted by Crippen LogP contribution is 2.68. The second-order valence-corrected chi connectivity index (χ2v) is 8.53. The smallest absolute Gasteiger partial charge is 0.0318 e. The fourth-order valence-electron chi connectivity index (χ4n) is 7.35. The molecule has 0 radical (unpaired) electrons. The first-order valence-corrected chi connectivity index (χ1v) is 8.59. The predicted octanol–water partition coefficient (Wildman–Crippen LogP) is 4.84. The number of rotatable bonds is 0. The maximum Gasteiger partial charge on any atom is -0.0318 e. The van der Waals surface area contributed by atoms with Gasteiger partial charge in [0.1, 0.15) is 0 Å². The molecule has 5 aliphatic rings. The summed E-state index contributed by atoms with van der Waals surface area (Å²) in [5.74, 6) is 10.8. The van der Waals surface area contributed by atoms with E-state index in [9.17, 15) is 0 Å². The highest BCUT2D eigenvalue weighted by atomic mass is 14.7. The molecule has 5 aliphatic carbocycles. The van der Waals surface area contributed by atoms with Gasteiger partial charge in [0.2, 0.25) is 0 Å². The van der Waals surface area contributed by atoms with Gasteiger partial charge >= 0.3 is 0 Å². The van der Waals surface area contributed by atoms with Crippen molar-refractivity contribution >= 4 is 0 Å². The second kappa shape index (κ2) is 3.76. The van der Waals surface area contributed by atoms with Crippen LogP contribution in [0.1, 0.15) is 53.4 Å². The Balaban J connectivity index is 1.75. The minimum atomic E-state index is 1.02. The Morgan fingerprint density at radius 2 is 1.00 bits per heavy atom. The average Bonchev–Trinajstić information content (AvgIpc) is 2.79. The van der Waals surface area contributed by atoms with Gasteiger partial charge in [-0.15, -0.1) is 0 Å². The molecule has 0 aromatic heterocycles. The van der Waals surface area contributed by atoms with E-state index in [1.807, 2.05) is 0 Å². The van der Waals surface area contributed by atoms with Crippen LogP contribution in [-0.2, 0) is 0 Å². The molecule has 5 fully saturated rings. The molecule has 0 spiro atoms. The molecule has 0 aromatic rings. The highest BCUT2D eigenvalue weighted by molar-refractivity contribution is 5.10. The van der Waals surface area contributed by atoms with Crippen LogP contribution in [0.15, 0.2) is 0 Å². The summed E-state index contributed by atoms with van der Waals surface area (Å²) in [4.78, 5) is 0. The van der Waals surface area contributed by atoms with Gasteiger partial charge in [-0.05, 0) is 84.9 Å². The predicted molar refractivity (Wildman–Crippen MR) is 76.1 cm³/mol. The first-order chi connectivity index (χ1) is 8.59. The first kappa shape index (κ1) is 11.8. The third-order valence-corrected chi connectivity index (χ3v) is 8.19. The fraction of sp³-hybridized carbons (Fsp3) is 1.00. The van der Waals surface area contributed by atoms with Crippen molar-refractivity contribution in [2.45, 2.75) is 53.4 Å². The zero-order valence-electron chi connectivity index (χ0n) is 12.6. The molecule has 10 atom stereocenters. The van der Waals surface area contributed by atoms with Gasteiger partial charge in [0, 0.05) is 0 Å².